The summed E-state index contributed by atoms with van der Waals surface area (Å²) in [5.41, 5.74) is 2.73. The van der Waals surface area contributed by atoms with Crippen molar-refractivity contribution in [2.75, 3.05) is 15.7 Å². The normalized spacial score (nSPS) is 16.0. The summed E-state index contributed by atoms with van der Waals surface area (Å²) in [4.78, 5) is 24.0. The van der Waals surface area contributed by atoms with Crippen LogP contribution in [0.5, 0.6) is 0 Å². The molecule has 1 aromatic carbocycles. The van der Waals surface area contributed by atoms with E-state index in [9.17, 15) is 9.59 Å². The van der Waals surface area contributed by atoms with Crippen molar-refractivity contribution < 1.29 is 9.59 Å². The lowest BCUT2D eigenvalue weighted by Crippen LogP contribution is -2.21. The molecule has 0 aliphatic carbocycles. The van der Waals surface area contributed by atoms with Gasteiger partial charge in [-0.1, -0.05) is 22.0 Å². The number of unbranched alkanes of at least 4 members (excludes halogenated alkanes) is 1. The van der Waals surface area contributed by atoms with E-state index in [0.29, 0.717) is 23.4 Å². The molecule has 0 saturated carbocycles. The molecule has 122 valence electrons. The highest BCUT2D eigenvalue weighted by Gasteiger charge is 2.27. The van der Waals surface area contributed by atoms with E-state index in [2.05, 4.69) is 26.3 Å². The Labute approximate surface area is 144 Å². The Bertz CT molecular complexity index is 650. The number of halogens is 1. The standard InChI is InChI=1S/C17H20BrN3O2/c1-3-15-12(2)20-21(17(15)23)14-9-7-13(8-10-14)19-16(22)6-4-5-11-18/h3,7-10H,4-6,11H2,1-2H3,(H,19,22)/b15-3-. The number of hydrazone groups is 1. The first-order valence-electron chi connectivity index (χ1n) is 7.59. The third kappa shape index (κ3) is 4.28. The van der Waals surface area contributed by atoms with Crippen molar-refractivity contribution >= 4 is 44.8 Å². The summed E-state index contributed by atoms with van der Waals surface area (Å²) in [7, 11) is 0. The van der Waals surface area contributed by atoms with Crippen LogP contribution in [0.25, 0.3) is 0 Å². The fraction of sp³-hybridized carbons (Fsp3) is 0.353. The SMILES string of the molecule is C/C=C1\C(=O)N(c2ccc(NC(=O)CCCCBr)cc2)N=C1C. The molecule has 0 bridgehead atoms. The zero-order chi connectivity index (χ0) is 16.8. The third-order valence-corrected chi connectivity index (χ3v) is 4.10. The van der Waals surface area contributed by atoms with Gasteiger partial charge in [-0.2, -0.15) is 10.1 Å². The predicted molar refractivity (Wildman–Crippen MR) is 97.1 cm³/mol. The van der Waals surface area contributed by atoms with Gasteiger partial charge in [0.25, 0.3) is 5.91 Å². The summed E-state index contributed by atoms with van der Waals surface area (Å²) < 4.78 is 0. The maximum absolute atomic E-state index is 12.2. The Morgan fingerprint density at radius 2 is 2.00 bits per heavy atom. The molecular weight excluding hydrogens is 358 g/mol. The van der Waals surface area contributed by atoms with Gasteiger partial charge >= 0.3 is 0 Å². The number of carbonyl (C=O) groups excluding carboxylic acids is 2. The summed E-state index contributed by atoms with van der Waals surface area (Å²) in [6, 6.07) is 7.12. The molecule has 1 aliphatic rings. The Hall–Kier alpha value is -1.95. The smallest absolute Gasteiger partial charge is 0.280 e. The highest BCUT2D eigenvalue weighted by Crippen LogP contribution is 2.25. The topological polar surface area (TPSA) is 61.8 Å². The van der Waals surface area contributed by atoms with E-state index in [-0.39, 0.29) is 11.8 Å². The van der Waals surface area contributed by atoms with Crippen LogP contribution >= 0.6 is 15.9 Å². The zero-order valence-electron chi connectivity index (χ0n) is 13.3. The quantitative estimate of drug-likeness (QED) is 0.464. The predicted octanol–water partition coefficient (Wildman–Crippen LogP) is 3.86. The van der Waals surface area contributed by atoms with Crippen molar-refractivity contribution in [2.45, 2.75) is 33.1 Å². The van der Waals surface area contributed by atoms with Crippen LogP contribution in [0.15, 0.2) is 41.0 Å². The van der Waals surface area contributed by atoms with Gasteiger partial charge in [0.2, 0.25) is 5.91 Å². The van der Waals surface area contributed by atoms with Crippen LogP contribution in [0, 0.1) is 0 Å². The second-order valence-electron chi connectivity index (χ2n) is 5.25. The molecule has 2 rings (SSSR count). The first kappa shape index (κ1) is 17.4. The van der Waals surface area contributed by atoms with Crippen molar-refractivity contribution in [1.29, 1.82) is 0 Å². The largest absolute Gasteiger partial charge is 0.326 e. The Balaban J connectivity index is 2.00. The molecule has 0 aromatic heterocycles. The van der Waals surface area contributed by atoms with E-state index < -0.39 is 0 Å². The summed E-state index contributed by atoms with van der Waals surface area (Å²) in [6.07, 6.45) is 4.11. The van der Waals surface area contributed by atoms with E-state index in [1.165, 1.54) is 5.01 Å². The fourth-order valence-corrected chi connectivity index (χ4v) is 2.71. The molecule has 1 heterocycles. The highest BCUT2D eigenvalue weighted by molar-refractivity contribution is 9.09. The number of rotatable bonds is 6. The van der Waals surface area contributed by atoms with Crippen molar-refractivity contribution in [3.8, 4) is 0 Å². The first-order chi connectivity index (χ1) is 11.1. The first-order valence-corrected chi connectivity index (χ1v) is 8.71. The lowest BCUT2D eigenvalue weighted by Gasteiger charge is -2.12. The zero-order valence-corrected chi connectivity index (χ0v) is 14.9. The van der Waals surface area contributed by atoms with Crippen LogP contribution in [0.2, 0.25) is 0 Å². The number of anilines is 2. The van der Waals surface area contributed by atoms with Gasteiger partial charge in [-0.3, -0.25) is 9.59 Å². The van der Waals surface area contributed by atoms with E-state index in [1.807, 2.05) is 13.8 Å². The summed E-state index contributed by atoms with van der Waals surface area (Å²) in [5, 5.41) is 9.42. The van der Waals surface area contributed by atoms with Crippen LogP contribution in [-0.2, 0) is 9.59 Å². The summed E-state index contributed by atoms with van der Waals surface area (Å²) in [5.74, 6) is -0.127. The number of nitrogens with zero attached hydrogens (tertiary/aromatic N) is 2. The van der Waals surface area contributed by atoms with Crippen LogP contribution in [-0.4, -0.2) is 22.9 Å². The van der Waals surface area contributed by atoms with Crippen LogP contribution in [0.3, 0.4) is 0 Å². The Morgan fingerprint density at radius 1 is 1.30 bits per heavy atom. The number of nitrogens with one attached hydrogen (secondary N) is 1. The minimum absolute atomic E-state index is 0.000941. The van der Waals surface area contributed by atoms with Crippen molar-refractivity contribution in [3.63, 3.8) is 0 Å². The highest BCUT2D eigenvalue weighted by atomic mass is 79.9. The van der Waals surface area contributed by atoms with Crippen LogP contribution < -0.4 is 10.3 Å². The fourth-order valence-electron chi connectivity index (χ4n) is 2.31. The number of hydrogen-bond acceptors (Lipinski definition) is 3. The van der Waals surface area contributed by atoms with Gasteiger partial charge in [-0.25, -0.2) is 0 Å². The molecule has 0 radical (unpaired) electrons. The Morgan fingerprint density at radius 3 is 2.57 bits per heavy atom. The van der Waals surface area contributed by atoms with Gasteiger partial charge < -0.3 is 5.32 Å². The van der Waals surface area contributed by atoms with Gasteiger partial charge in [0.15, 0.2) is 0 Å². The number of hydrogen-bond donors (Lipinski definition) is 1. The third-order valence-electron chi connectivity index (χ3n) is 3.53. The van der Waals surface area contributed by atoms with E-state index in [4.69, 9.17) is 0 Å². The molecule has 5 nitrogen and oxygen atoms in total. The summed E-state index contributed by atoms with van der Waals surface area (Å²) >= 11 is 3.35. The van der Waals surface area contributed by atoms with Gasteiger partial charge in [-0.15, -0.1) is 0 Å². The van der Waals surface area contributed by atoms with Gasteiger partial charge in [0.05, 0.1) is 17.0 Å². The molecule has 0 atom stereocenters. The average molecular weight is 378 g/mol. The second-order valence-corrected chi connectivity index (χ2v) is 6.04. The molecule has 0 spiro atoms. The molecule has 2 amide bonds. The molecule has 0 fully saturated rings. The average Bonchev–Trinajstić information content (AvgIpc) is 2.82. The van der Waals surface area contributed by atoms with Crippen LogP contribution in [0.4, 0.5) is 11.4 Å². The lowest BCUT2D eigenvalue weighted by atomic mass is 10.1. The van der Waals surface area contributed by atoms with E-state index in [1.54, 1.807) is 30.3 Å². The van der Waals surface area contributed by atoms with Crippen molar-refractivity contribution in [3.05, 3.63) is 35.9 Å². The minimum Gasteiger partial charge on any atom is -0.326 e. The molecule has 0 unspecified atom stereocenters. The minimum atomic E-state index is -0.128. The van der Waals surface area contributed by atoms with Crippen molar-refractivity contribution in [2.24, 2.45) is 5.10 Å². The second kappa shape index (κ2) is 8.06. The number of carbonyl (C=O) groups is 2. The van der Waals surface area contributed by atoms with E-state index in [0.717, 1.165) is 23.9 Å². The van der Waals surface area contributed by atoms with Crippen LogP contribution in [0.1, 0.15) is 33.1 Å². The van der Waals surface area contributed by atoms with Crippen molar-refractivity contribution in [1.82, 2.24) is 0 Å². The molecule has 1 aromatic rings. The maximum atomic E-state index is 12.2. The molecule has 23 heavy (non-hydrogen) atoms. The van der Waals surface area contributed by atoms with Gasteiger partial charge in [-0.05, 0) is 51.0 Å². The molecule has 1 N–H and O–H groups in total. The molecule has 6 heteroatoms. The molecular formula is C17H20BrN3O2. The number of amides is 2. The lowest BCUT2D eigenvalue weighted by molar-refractivity contribution is -0.116. The Kier molecular flexibility index (Phi) is 6.10. The monoisotopic (exact) mass is 377 g/mol. The molecule has 0 saturated heterocycles. The molecule has 1 aliphatic heterocycles. The number of alkyl halides is 1. The number of allylic oxidation sites excluding steroid dienone is 1. The van der Waals surface area contributed by atoms with Gasteiger partial charge in [0.1, 0.15) is 0 Å². The summed E-state index contributed by atoms with van der Waals surface area (Å²) in [6.45, 7) is 3.64. The number of benzene rings is 1. The van der Waals surface area contributed by atoms with E-state index >= 15 is 0 Å². The van der Waals surface area contributed by atoms with Gasteiger partial charge in [0, 0.05) is 17.4 Å². The maximum Gasteiger partial charge on any atom is 0.280 e.